The van der Waals surface area contributed by atoms with Gasteiger partial charge in [0.2, 0.25) is 0 Å². The van der Waals surface area contributed by atoms with Gasteiger partial charge >= 0.3 is 0 Å². The molecule has 102 valence electrons. The Bertz CT molecular complexity index is 656. The van der Waals surface area contributed by atoms with Gasteiger partial charge in [-0.3, -0.25) is 4.79 Å². The standard InChI is InChI=1S/C15H8Cl2F2O/c16-10-3-1-4-11(17)9(10)7-8-14(20)15-12(18)5-2-6-13(15)19/h1-8H/b8-7+. The second-order valence-corrected chi connectivity index (χ2v) is 4.74. The highest BCUT2D eigenvalue weighted by molar-refractivity contribution is 6.37. The van der Waals surface area contributed by atoms with E-state index in [1.54, 1.807) is 18.2 Å². The number of ketones is 1. The van der Waals surface area contributed by atoms with Crippen molar-refractivity contribution in [2.75, 3.05) is 0 Å². The van der Waals surface area contributed by atoms with E-state index in [1.165, 1.54) is 12.1 Å². The Kier molecular flexibility index (Phi) is 4.53. The lowest BCUT2D eigenvalue weighted by molar-refractivity contribution is 0.104. The smallest absolute Gasteiger partial charge is 0.191 e. The number of benzene rings is 2. The summed E-state index contributed by atoms with van der Waals surface area (Å²) in [5.41, 5.74) is -0.187. The SMILES string of the molecule is O=C(/C=C/c1c(Cl)cccc1Cl)c1c(F)cccc1F. The Morgan fingerprint density at radius 1 is 0.950 bits per heavy atom. The zero-order valence-electron chi connectivity index (χ0n) is 10.0. The Hall–Kier alpha value is -1.71. The number of carbonyl (C=O) groups excluding carboxylic acids is 1. The van der Waals surface area contributed by atoms with Crippen molar-refractivity contribution in [3.63, 3.8) is 0 Å². The molecule has 0 N–H and O–H groups in total. The van der Waals surface area contributed by atoms with Crippen LogP contribution in [0.4, 0.5) is 8.78 Å². The molecule has 0 amide bonds. The van der Waals surface area contributed by atoms with E-state index in [9.17, 15) is 13.6 Å². The van der Waals surface area contributed by atoms with Gasteiger partial charge < -0.3 is 0 Å². The number of hydrogen-bond donors (Lipinski definition) is 0. The van der Waals surface area contributed by atoms with Crippen molar-refractivity contribution in [3.8, 4) is 0 Å². The quantitative estimate of drug-likeness (QED) is 0.564. The predicted molar refractivity (Wildman–Crippen MR) is 76.2 cm³/mol. The summed E-state index contributed by atoms with van der Waals surface area (Å²) in [5, 5.41) is 0.686. The highest BCUT2D eigenvalue weighted by Gasteiger charge is 2.14. The minimum Gasteiger partial charge on any atom is -0.289 e. The predicted octanol–water partition coefficient (Wildman–Crippen LogP) is 5.17. The van der Waals surface area contributed by atoms with E-state index in [0.29, 0.717) is 15.6 Å². The molecule has 1 nitrogen and oxygen atoms in total. The summed E-state index contributed by atoms with van der Waals surface area (Å²) in [4.78, 5) is 11.8. The van der Waals surface area contributed by atoms with Gasteiger partial charge in [-0.15, -0.1) is 0 Å². The van der Waals surface area contributed by atoms with Crippen LogP contribution in [0.2, 0.25) is 10.0 Å². The summed E-state index contributed by atoms with van der Waals surface area (Å²) in [6, 6.07) is 8.08. The molecule has 0 unspecified atom stereocenters. The van der Waals surface area contributed by atoms with Crippen molar-refractivity contribution in [2.24, 2.45) is 0 Å². The molecule has 0 aromatic heterocycles. The third-order valence-electron chi connectivity index (χ3n) is 2.61. The Labute approximate surface area is 124 Å². The lowest BCUT2D eigenvalue weighted by Crippen LogP contribution is -2.02. The Balaban J connectivity index is 2.35. The molecule has 2 aromatic carbocycles. The zero-order chi connectivity index (χ0) is 14.7. The van der Waals surface area contributed by atoms with Crippen LogP contribution < -0.4 is 0 Å². The van der Waals surface area contributed by atoms with Gasteiger partial charge in [0, 0.05) is 15.6 Å². The van der Waals surface area contributed by atoms with E-state index < -0.39 is 23.0 Å². The molecular weight excluding hydrogens is 305 g/mol. The van der Waals surface area contributed by atoms with Gasteiger partial charge in [0.05, 0.1) is 5.56 Å². The second kappa shape index (κ2) is 6.16. The molecule has 0 aliphatic carbocycles. The van der Waals surface area contributed by atoms with Crippen molar-refractivity contribution >= 4 is 35.1 Å². The van der Waals surface area contributed by atoms with Crippen molar-refractivity contribution in [2.45, 2.75) is 0 Å². The van der Waals surface area contributed by atoms with Gasteiger partial charge in [0.1, 0.15) is 11.6 Å². The number of rotatable bonds is 3. The summed E-state index contributed by atoms with van der Waals surface area (Å²) in [7, 11) is 0. The maximum absolute atomic E-state index is 13.4. The average molecular weight is 313 g/mol. The fourth-order valence-corrected chi connectivity index (χ4v) is 2.17. The molecule has 20 heavy (non-hydrogen) atoms. The Morgan fingerprint density at radius 2 is 1.45 bits per heavy atom. The maximum Gasteiger partial charge on any atom is 0.191 e. The first-order valence-electron chi connectivity index (χ1n) is 5.61. The van der Waals surface area contributed by atoms with Crippen LogP contribution in [0.1, 0.15) is 15.9 Å². The third-order valence-corrected chi connectivity index (χ3v) is 3.27. The first kappa shape index (κ1) is 14.7. The molecule has 0 aliphatic heterocycles. The van der Waals surface area contributed by atoms with Crippen LogP contribution in [0.15, 0.2) is 42.5 Å². The van der Waals surface area contributed by atoms with E-state index in [1.807, 2.05) is 0 Å². The van der Waals surface area contributed by atoms with Crippen molar-refractivity contribution in [1.82, 2.24) is 0 Å². The molecule has 0 spiro atoms. The van der Waals surface area contributed by atoms with Crippen LogP contribution in [-0.2, 0) is 0 Å². The molecule has 0 atom stereocenters. The molecule has 0 fully saturated rings. The van der Waals surface area contributed by atoms with E-state index in [-0.39, 0.29) is 0 Å². The average Bonchev–Trinajstić information content (AvgIpc) is 2.38. The minimum absolute atomic E-state index is 0.343. The summed E-state index contributed by atoms with van der Waals surface area (Å²) < 4.78 is 26.9. The van der Waals surface area contributed by atoms with Crippen LogP contribution >= 0.6 is 23.2 Å². The van der Waals surface area contributed by atoms with Crippen LogP contribution in [0.3, 0.4) is 0 Å². The molecule has 0 bridgehead atoms. The highest BCUT2D eigenvalue weighted by Crippen LogP contribution is 2.25. The van der Waals surface area contributed by atoms with Crippen molar-refractivity contribution < 1.29 is 13.6 Å². The van der Waals surface area contributed by atoms with Crippen LogP contribution in [-0.4, -0.2) is 5.78 Å². The fraction of sp³-hybridized carbons (Fsp3) is 0. The van der Waals surface area contributed by atoms with Crippen molar-refractivity contribution in [3.05, 3.63) is 75.3 Å². The van der Waals surface area contributed by atoms with E-state index in [2.05, 4.69) is 0 Å². The number of allylic oxidation sites excluding steroid dienone is 1. The molecule has 0 radical (unpaired) electrons. The largest absolute Gasteiger partial charge is 0.289 e. The van der Waals surface area contributed by atoms with Crippen molar-refractivity contribution in [1.29, 1.82) is 0 Å². The molecule has 0 aliphatic rings. The lowest BCUT2D eigenvalue weighted by Gasteiger charge is -2.02. The van der Waals surface area contributed by atoms with E-state index in [4.69, 9.17) is 23.2 Å². The number of hydrogen-bond acceptors (Lipinski definition) is 1. The molecule has 0 heterocycles. The topological polar surface area (TPSA) is 17.1 Å². The van der Waals surface area contributed by atoms with E-state index in [0.717, 1.165) is 18.2 Å². The van der Waals surface area contributed by atoms with Crippen LogP contribution in [0.5, 0.6) is 0 Å². The zero-order valence-corrected chi connectivity index (χ0v) is 11.6. The van der Waals surface area contributed by atoms with E-state index >= 15 is 0 Å². The second-order valence-electron chi connectivity index (χ2n) is 3.93. The highest BCUT2D eigenvalue weighted by atomic mass is 35.5. The van der Waals surface area contributed by atoms with Gasteiger partial charge in [-0.25, -0.2) is 8.78 Å². The Morgan fingerprint density at radius 3 is 2.00 bits per heavy atom. The van der Waals surface area contributed by atoms with Gasteiger partial charge in [0.25, 0.3) is 0 Å². The molecule has 2 rings (SSSR count). The first-order valence-corrected chi connectivity index (χ1v) is 6.36. The van der Waals surface area contributed by atoms with Gasteiger partial charge in [-0.1, -0.05) is 35.3 Å². The summed E-state index contributed by atoms with van der Waals surface area (Å²) >= 11 is 11.9. The lowest BCUT2D eigenvalue weighted by atomic mass is 10.1. The minimum atomic E-state index is -0.912. The molecule has 2 aromatic rings. The fourth-order valence-electron chi connectivity index (χ4n) is 1.65. The third kappa shape index (κ3) is 3.06. The van der Waals surface area contributed by atoms with Crippen LogP contribution in [0, 0.1) is 11.6 Å². The monoisotopic (exact) mass is 312 g/mol. The van der Waals surface area contributed by atoms with Crippen LogP contribution in [0.25, 0.3) is 6.08 Å². The molecule has 5 heteroatoms. The maximum atomic E-state index is 13.4. The number of carbonyl (C=O) groups is 1. The first-order chi connectivity index (χ1) is 9.50. The normalized spacial score (nSPS) is 11.0. The molecule has 0 saturated carbocycles. The number of halogens is 4. The van der Waals surface area contributed by atoms with Gasteiger partial charge in [0.15, 0.2) is 5.78 Å². The summed E-state index contributed by atoms with van der Waals surface area (Å²) in [6.07, 6.45) is 2.37. The van der Waals surface area contributed by atoms with Gasteiger partial charge in [-0.2, -0.15) is 0 Å². The molecular formula is C15H8Cl2F2O. The van der Waals surface area contributed by atoms with Gasteiger partial charge in [-0.05, 0) is 36.4 Å². The summed E-state index contributed by atoms with van der Waals surface area (Å²) in [6.45, 7) is 0. The molecule has 0 saturated heterocycles. The summed E-state index contributed by atoms with van der Waals surface area (Å²) in [5.74, 6) is -2.62.